The Hall–Kier alpha value is -2.67. The fraction of sp³-hybridized carbons (Fsp3) is 0.522. The molecule has 0 spiro atoms. The van der Waals surface area contributed by atoms with Gasteiger partial charge in [-0.1, -0.05) is 64.1 Å². The van der Waals surface area contributed by atoms with Gasteiger partial charge in [-0.2, -0.15) is 0 Å². The second-order valence-corrected chi connectivity index (χ2v) is 8.68. The lowest BCUT2D eigenvalue weighted by Crippen LogP contribution is -2.58. The number of carbonyl (C=O) groups excluding carboxylic acids is 2. The van der Waals surface area contributed by atoms with Crippen LogP contribution in [0.25, 0.3) is 0 Å². The molecule has 7 heteroatoms. The van der Waals surface area contributed by atoms with Crippen LogP contribution in [0.15, 0.2) is 42.0 Å². The van der Waals surface area contributed by atoms with Crippen molar-refractivity contribution in [1.29, 1.82) is 0 Å². The summed E-state index contributed by atoms with van der Waals surface area (Å²) in [6.07, 6.45) is 1.48. The van der Waals surface area contributed by atoms with Gasteiger partial charge in [-0.05, 0) is 24.9 Å². The summed E-state index contributed by atoms with van der Waals surface area (Å²) >= 11 is 0. The smallest absolute Gasteiger partial charge is 0.331 e. The van der Waals surface area contributed by atoms with Crippen LogP contribution in [0, 0.1) is 5.41 Å². The highest BCUT2D eigenvalue weighted by atomic mass is 16.4. The lowest BCUT2D eigenvalue weighted by atomic mass is 9.85. The highest BCUT2D eigenvalue weighted by molar-refractivity contribution is 5.91. The normalized spacial score (nSPS) is 15.1. The average Bonchev–Trinajstić information content (AvgIpc) is 2.69. The van der Waals surface area contributed by atoms with Gasteiger partial charge in [-0.3, -0.25) is 9.59 Å². The third kappa shape index (κ3) is 6.99. The van der Waals surface area contributed by atoms with Crippen LogP contribution < -0.4 is 10.6 Å². The summed E-state index contributed by atoms with van der Waals surface area (Å²) in [7, 11) is 3.32. The van der Waals surface area contributed by atoms with Crippen molar-refractivity contribution in [3.63, 3.8) is 0 Å². The summed E-state index contributed by atoms with van der Waals surface area (Å²) in [5.74, 6) is -1.64. The highest BCUT2D eigenvalue weighted by Crippen LogP contribution is 2.23. The molecular weight excluding hydrogens is 382 g/mol. The van der Waals surface area contributed by atoms with Crippen molar-refractivity contribution in [2.75, 3.05) is 20.6 Å². The molecule has 7 nitrogen and oxygen atoms in total. The first-order valence-electron chi connectivity index (χ1n) is 10.1. The minimum Gasteiger partial charge on any atom is -0.478 e. The monoisotopic (exact) mass is 417 g/mol. The summed E-state index contributed by atoms with van der Waals surface area (Å²) in [5, 5.41) is 15.0. The third-order valence-corrected chi connectivity index (χ3v) is 5.20. The van der Waals surface area contributed by atoms with Crippen LogP contribution in [0.2, 0.25) is 0 Å². The van der Waals surface area contributed by atoms with E-state index in [2.05, 4.69) is 10.6 Å². The Labute approximate surface area is 179 Å². The standard InChI is InChI=1S/C23H35N3O4/c1-15(22(29)30)13-14-26(7)21(28)19(23(3,4)5)25-20(27)18(24-6)16(2)17-11-9-8-10-12-17/h8-13,16,18-19,24H,14H2,1-7H3,(H,25,27)(H,29,30)/b15-13+/t16-,18+,19?/m1/s1. The van der Waals surface area contributed by atoms with Crippen LogP contribution >= 0.6 is 0 Å². The SMILES string of the molecule is CN[C@H](C(=O)NC(C(=O)N(C)C/C=C(\C)C(=O)O)C(C)(C)C)[C@H](C)c1ccccc1. The van der Waals surface area contributed by atoms with Crippen molar-refractivity contribution >= 4 is 17.8 Å². The first kappa shape index (κ1) is 25.4. The second kappa shape index (κ2) is 10.9. The number of carboxylic acid groups (broad SMARTS) is 1. The van der Waals surface area contributed by atoms with Gasteiger partial charge in [0, 0.05) is 25.1 Å². The van der Waals surface area contributed by atoms with E-state index >= 15 is 0 Å². The Bertz CT molecular complexity index is 768. The molecule has 3 N–H and O–H groups in total. The molecule has 0 aliphatic carbocycles. The number of amides is 2. The van der Waals surface area contributed by atoms with E-state index in [1.54, 1.807) is 14.1 Å². The molecule has 0 saturated heterocycles. The van der Waals surface area contributed by atoms with Gasteiger partial charge in [0.25, 0.3) is 0 Å². The Morgan fingerprint density at radius 2 is 1.73 bits per heavy atom. The number of benzene rings is 1. The van der Waals surface area contributed by atoms with E-state index in [9.17, 15) is 14.4 Å². The van der Waals surface area contributed by atoms with Crippen LogP contribution in [0.5, 0.6) is 0 Å². The molecule has 2 amide bonds. The average molecular weight is 418 g/mol. The number of carbonyl (C=O) groups is 3. The van der Waals surface area contributed by atoms with E-state index in [0.29, 0.717) is 0 Å². The molecule has 0 bridgehead atoms. The van der Waals surface area contributed by atoms with Gasteiger partial charge in [-0.15, -0.1) is 0 Å². The first-order valence-corrected chi connectivity index (χ1v) is 10.1. The lowest BCUT2D eigenvalue weighted by Gasteiger charge is -2.35. The van der Waals surface area contributed by atoms with E-state index < -0.39 is 23.5 Å². The van der Waals surface area contributed by atoms with Crippen molar-refractivity contribution in [2.24, 2.45) is 5.41 Å². The number of hydrogen-bond acceptors (Lipinski definition) is 4. The van der Waals surface area contributed by atoms with E-state index in [-0.39, 0.29) is 29.9 Å². The Morgan fingerprint density at radius 3 is 2.20 bits per heavy atom. The largest absolute Gasteiger partial charge is 0.478 e. The van der Waals surface area contributed by atoms with Crippen LogP contribution in [0.3, 0.4) is 0 Å². The van der Waals surface area contributed by atoms with E-state index in [4.69, 9.17) is 5.11 Å². The summed E-state index contributed by atoms with van der Waals surface area (Å²) in [5.41, 5.74) is 0.663. The molecule has 0 fully saturated rings. The molecule has 3 atom stereocenters. The predicted octanol–water partition coefficient (Wildman–Crippen LogP) is 2.40. The Morgan fingerprint density at radius 1 is 1.17 bits per heavy atom. The number of nitrogens with zero attached hydrogens (tertiary/aromatic N) is 1. The maximum atomic E-state index is 13.1. The van der Waals surface area contributed by atoms with Crippen molar-refractivity contribution < 1.29 is 19.5 Å². The quantitative estimate of drug-likeness (QED) is 0.536. The predicted molar refractivity (Wildman–Crippen MR) is 118 cm³/mol. The molecule has 1 aromatic rings. The van der Waals surface area contributed by atoms with Crippen molar-refractivity contribution in [3.05, 3.63) is 47.5 Å². The lowest BCUT2D eigenvalue weighted by molar-refractivity contribution is -0.138. The Balaban J connectivity index is 3.00. The maximum Gasteiger partial charge on any atom is 0.331 e. The Kier molecular flexibility index (Phi) is 9.23. The number of nitrogens with one attached hydrogen (secondary N) is 2. The van der Waals surface area contributed by atoms with Gasteiger partial charge in [-0.25, -0.2) is 4.79 Å². The molecule has 0 aliphatic rings. The molecule has 0 heterocycles. The minimum atomic E-state index is -1.02. The highest BCUT2D eigenvalue weighted by Gasteiger charge is 2.36. The van der Waals surface area contributed by atoms with Gasteiger partial charge < -0.3 is 20.6 Å². The van der Waals surface area contributed by atoms with Crippen LogP contribution in [-0.4, -0.2) is 60.5 Å². The fourth-order valence-electron chi connectivity index (χ4n) is 3.11. The molecule has 0 saturated carbocycles. The molecule has 1 unspecified atom stereocenters. The number of aliphatic carboxylic acids is 1. The number of likely N-dealkylation sites (N-methyl/N-ethyl adjacent to an activating group) is 2. The number of carboxylic acids is 1. The van der Waals surface area contributed by atoms with E-state index in [1.807, 2.05) is 58.0 Å². The van der Waals surface area contributed by atoms with Crippen LogP contribution in [0.1, 0.15) is 46.1 Å². The number of rotatable bonds is 9. The summed E-state index contributed by atoms with van der Waals surface area (Å²) < 4.78 is 0. The zero-order chi connectivity index (χ0) is 23.1. The van der Waals surface area contributed by atoms with Gasteiger partial charge >= 0.3 is 5.97 Å². The molecule has 0 aliphatic heterocycles. The third-order valence-electron chi connectivity index (χ3n) is 5.20. The van der Waals surface area contributed by atoms with Gasteiger partial charge in [0.2, 0.25) is 11.8 Å². The molecular formula is C23H35N3O4. The van der Waals surface area contributed by atoms with Crippen molar-refractivity contribution in [3.8, 4) is 0 Å². The molecule has 1 aromatic carbocycles. The minimum absolute atomic E-state index is 0.0919. The number of hydrogen-bond donors (Lipinski definition) is 3. The van der Waals surface area contributed by atoms with Crippen molar-refractivity contribution in [2.45, 2.75) is 52.6 Å². The van der Waals surface area contributed by atoms with Gasteiger partial charge in [0.1, 0.15) is 6.04 Å². The van der Waals surface area contributed by atoms with Crippen LogP contribution in [0.4, 0.5) is 0 Å². The second-order valence-electron chi connectivity index (χ2n) is 8.68. The molecule has 30 heavy (non-hydrogen) atoms. The first-order chi connectivity index (χ1) is 13.9. The zero-order valence-electron chi connectivity index (χ0n) is 19.0. The van der Waals surface area contributed by atoms with Crippen molar-refractivity contribution in [1.82, 2.24) is 15.5 Å². The van der Waals surface area contributed by atoms with Gasteiger partial charge in [0.15, 0.2) is 0 Å². The van der Waals surface area contributed by atoms with Gasteiger partial charge in [0.05, 0.1) is 6.04 Å². The molecule has 0 radical (unpaired) electrons. The zero-order valence-corrected chi connectivity index (χ0v) is 19.0. The topological polar surface area (TPSA) is 98.7 Å². The van der Waals surface area contributed by atoms with Crippen LogP contribution in [-0.2, 0) is 14.4 Å². The van der Waals surface area contributed by atoms with E-state index in [0.717, 1.165) is 5.56 Å². The molecule has 166 valence electrons. The molecule has 0 aromatic heterocycles. The summed E-state index contributed by atoms with van der Waals surface area (Å²) in [6.45, 7) is 9.25. The summed E-state index contributed by atoms with van der Waals surface area (Å²) in [4.78, 5) is 38.6. The molecule has 1 rings (SSSR count). The van der Waals surface area contributed by atoms with E-state index in [1.165, 1.54) is 17.9 Å². The maximum absolute atomic E-state index is 13.1. The summed E-state index contributed by atoms with van der Waals surface area (Å²) in [6, 6.07) is 8.46. The fourth-order valence-corrected chi connectivity index (χ4v) is 3.11.